The number of allylic oxidation sites excluding steroid dienone is 1. The summed E-state index contributed by atoms with van der Waals surface area (Å²) in [5, 5.41) is 0. The van der Waals surface area contributed by atoms with Crippen molar-refractivity contribution in [3.05, 3.63) is 72.0 Å². The molecule has 0 aromatic heterocycles. The highest BCUT2D eigenvalue weighted by atomic mass is 19.2. The molecule has 0 saturated heterocycles. The summed E-state index contributed by atoms with van der Waals surface area (Å²) in [6, 6.07) is 4.68. The molecular weight excluding hydrogens is 296 g/mol. The fraction of sp³-hybridized carbons (Fsp3) is 0.0588. The molecule has 0 atom stereocenters. The van der Waals surface area contributed by atoms with Gasteiger partial charge in [-0.15, -0.1) is 0 Å². The second-order valence-corrected chi connectivity index (χ2v) is 4.36. The number of hydrogen-bond acceptors (Lipinski definition) is 1. The van der Waals surface area contributed by atoms with Crippen LogP contribution in [-0.2, 0) is 0 Å². The van der Waals surface area contributed by atoms with Crippen molar-refractivity contribution < 1.29 is 22.3 Å². The van der Waals surface area contributed by atoms with E-state index in [9.17, 15) is 17.6 Å². The maximum absolute atomic E-state index is 14.1. The molecule has 0 fully saturated rings. The maximum atomic E-state index is 14.1. The lowest BCUT2D eigenvalue weighted by molar-refractivity contribution is 0.415. The van der Waals surface area contributed by atoms with Gasteiger partial charge in [0.1, 0.15) is 0 Å². The van der Waals surface area contributed by atoms with Gasteiger partial charge in [-0.2, -0.15) is 4.39 Å². The summed E-state index contributed by atoms with van der Waals surface area (Å²) >= 11 is 0. The van der Waals surface area contributed by atoms with E-state index in [2.05, 4.69) is 6.58 Å². The van der Waals surface area contributed by atoms with Crippen molar-refractivity contribution in [3.8, 4) is 16.9 Å². The van der Waals surface area contributed by atoms with Gasteiger partial charge in [0, 0.05) is 16.7 Å². The van der Waals surface area contributed by atoms with Gasteiger partial charge in [0.05, 0.1) is 6.26 Å². The van der Waals surface area contributed by atoms with Crippen LogP contribution in [0.15, 0.2) is 43.2 Å². The van der Waals surface area contributed by atoms with E-state index in [4.69, 9.17) is 4.74 Å². The van der Waals surface area contributed by atoms with Gasteiger partial charge < -0.3 is 4.74 Å². The van der Waals surface area contributed by atoms with Crippen molar-refractivity contribution in [3.63, 3.8) is 0 Å². The third-order valence-electron chi connectivity index (χ3n) is 3.00. The third kappa shape index (κ3) is 2.74. The summed E-state index contributed by atoms with van der Waals surface area (Å²) in [7, 11) is 0. The van der Waals surface area contributed by atoms with Crippen LogP contribution in [0.2, 0.25) is 0 Å². The van der Waals surface area contributed by atoms with Crippen LogP contribution in [0.3, 0.4) is 0 Å². The summed E-state index contributed by atoms with van der Waals surface area (Å²) in [6.07, 6.45) is 3.80. The molecule has 0 aliphatic carbocycles. The number of rotatable bonds is 4. The van der Waals surface area contributed by atoms with Gasteiger partial charge in [-0.1, -0.05) is 30.9 Å². The van der Waals surface area contributed by atoms with Crippen molar-refractivity contribution in [1.82, 2.24) is 0 Å². The first kappa shape index (κ1) is 15.8. The predicted molar refractivity (Wildman–Crippen MR) is 77.2 cm³/mol. The van der Waals surface area contributed by atoms with Gasteiger partial charge in [-0.25, -0.2) is 13.2 Å². The van der Waals surface area contributed by atoms with E-state index in [-0.39, 0.29) is 16.9 Å². The number of benzene rings is 2. The van der Waals surface area contributed by atoms with Crippen LogP contribution >= 0.6 is 0 Å². The molecular formula is C17H12F4O. The van der Waals surface area contributed by atoms with E-state index in [0.717, 1.165) is 18.2 Å². The summed E-state index contributed by atoms with van der Waals surface area (Å²) in [5.41, 5.74) is -0.829. The first-order valence-corrected chi connectivity index (χ1v) is 6.37. The van der Waals surface area contributed by atoms with E-state index >= 15 is 0 Å². The molecule has 2 aromatic rings. The average Bonchev–Trinajstić information content (AvgIpc) is 2.52. The minimum atomic E-state index is -1.31. The highest BCUT2D eigenvalue weighted by molar-refractivity contribution is 5.68. The Kier molecular flexibility index (Phi) is 4.65. The molecule has 0 saturated carbocycles. The smallest absolute Gasteiger partial charge is 0.201 e. The van der Waals surface area contributed by atoms with Crippen LogP contribution < -0.4 is 4.74 Å². The Bertz CT molecular complexity index is 751. The van der Waals surface area contributed by atoms with Crippen LogP contribution in [0.5, 0.6) is 5.75 Å². The molecule has 0 amide bonds. The van der Waals surface area contributed by atoms with Crippen LogP contribution in [0.1, 0.15) is 12.5 Å². The molecule has 0 radical (unpaired) electrons. The van der Waals surface area contributed by atoms with E-state index in [1.807, 2.05) is 0 Å². The third-order valence-corrected chi connectivity index (χ3v) is 3.00. The topological polar surface area (TPSA) is 9.23 Å². The Labute approximate surface area is 125 Å². The van der Waals surface area contributed by atoms with Crippen molar-refractivity contribution >= 4 is 6.08 Å². The molecule has 1 nitrogen and oxygen atoms in total. The Balaban J connectivity index is 2.57. The summed E-state index contributed by atoms with van der Waals surface area (Å²) in [5.74, 6) is -5.36. The lowest BCUT2D eigenvalue weighted by atomic mass is 10.0. The first-order valence-electron chi connectivity index (χ1n) is 6.37. The van der Waals surface area contributed by atoms with Crippen molar-refractivity contribution in [1.29, 1.82) is 0 Å². The first-order chi connectivity index (χ1) is 10.5. The lowest BCUT2D eigenvalue weighted by Gasteiger charge is -2.10. The zero-order valence-electron chi connectivity index (χ0n) is 11.7. The fourth-order valence-corrected chi connectivity index (χ4v) is 1.90. The van der Waals surface area contributed by atoms with Crippen LogP contribution in [0.4, 0.5) is 17.6 Å². The fourth-order valence-electron chi connectivity index (χ4n) is 1.90. The van der Waals surface area contributed by atoms with E-state index in [0.29, 0.717) is 0 Å². The SMILES string of the molecule is C=Cc1ccc(-c2ccc(O/C=C/C)c(F)c2F)c(F)c1F. The van der Waals surface area contributed by atoms with Crippen LogP contribution in [-0.4, -0.2) is 0 Å². The molecule has 0 unspecified atom stereocenters. The Morgan fingerprint density at radius 2 is 1.45 bits per heavy atom. The second-order valence-electron chi connectivity index (χ2n) is 4.36. The zero-order chi connectivity index (χ0) is 16.3. The Hall–Kier alpha value is -2.56. The molecule has 0 aliphatic heterocycles. The summed E-state index contributed by atoms with van der Waals surface area (Å²) in [6.45, 7) is 4.98. The molecule has 5 heteroatoms. The highest BCUT2D eigenvalue weighted by Crippen LogP contribution is 2.33. The van der Waals surface area contributed by atoms with E-state index in [1.54, 1.807) is 6.92 Å². The average molecular weight is 308 g/mol. The predicted octanol–water partition coefficient (Wildman–Crippen LogP) is 5.47. The lowest BCUT2D eigenvalue weighted by Crippen LogP contribution is -1.98. The van der Waals surface area contributed by atoms with Crippen LogP contribution in [0, 0.1) is 23.3 Å². The Morgan fingerprint density at radius 1 is 0.864 bits per heavy atom. The van der Waals surface area contributed by atoms with Gasteiger partial charge in [0.25, 0.3) is 0 Å². The summed E-state index contributed by atoms with van der Waals surface area (Å²) < 4.78 is 60.6. The normalized spacial score (nSPS) is 11.0. The second kappa shape index (κ2) is 6.47. The van der Waals surface area contributed by atoms with Gasteiger partial charge in [-0.05, 0) is 19.1 Å². The molecule has 2 rings (SSSR count). The number of ether oxygens (including phenoxy) is 1. The van der Waals surface area contributed by atoms with Crippen LogP contribution in [0.25, 0.3) is 17.2 Å². The van der Waals surface area contributed by atoms with Gasteiger partial charge in [0.2, 0.25) is 5.82 Å². The minimum absolute atomic E-state index is 0.0600. The maximum Gasteiger partial charge on any atom is 0.201 e. The molecule has 2 aromatic carbocycles. The monoisotopic (exact) mass is 308 g/mol. The van der Waals surface area contributed by atoms with Gasteiger partial charge in [0.15, 0.2) is 23.2 Å². The van der Waals surface area contributed by atoms with E-state index < -0.39 is 28.8 Å². The van der Waals surface area contributed by atoms with Crippen molar-refractivity contribution in [2.45, 2.75) is 6.92 Å². The minimum Gasteiger partial charge on any atom is -0.462 e. The van der Waals surface area contributed by atoms with Crippen molar-refractivity contribution in [2.75, 3.05) is 0 Å². The summed E-state index contributed by atoms with van der Waals surface area (Å²) in [4.78, 5) is 0. The standard InChI is InChI=1S/C17H12F4O/c1-3-9-22-13-8-7-12(16(20)17(13)21)11-6-5-10(4-2)14(18)15(11)19/h3-9H,2H2,1H3/b9-3+. The van der Waals surface area contributed by atoms with E-state index in [1.165, 1.54) is 24.5 Å². The number of hydrogen-bond donors (Lipinski definition) is 0. The molecule has 0 aliphatic rings. The Morgan fingerprint density at radius 3 is 2.05 bits per heavy atom. The van der Waals surface area contributed by atoms with Crippen molar-refractivity contribution in [2.24, 2.45) is 0 Å². The molecule has 0 heterocycles. The highest BCUT2D eigenvalue weighted by Gasteiger charge is 2.20. The molecule has 22 heavy (non-hydrogen) atoms. The number of halogens is 4. The molecule has 114 valence electrons. The largest absolute Gasteiger partial charge is 0.462 e. The quantitative estimate of drug-likeness (QED) is 0.538. The van der Waals surface area contributed by atoms with Gasteiger partial charge in [-0.3, -0.25) is 0 Å². The molecule has 0 spiro atoms. The molecule has 0 N–H and O–H groups in total. The molecule has 0 bridgehead atoms. The van der Waals surface area contributed by atoms with Gasteiger partial charge >= 0.3 is 0 Å². The zero-order valence-corrected chi connectivity index (χ0v) is 11.7.